The van der Waals surface area contributed by atoms with Crippen LogP contribution in [0.25, 0.3) is 0 Å². The van der Waals surface area contributed by atoms with E-state index in [-0.39, 0.29) is 17.7 Å². The van der Waals surface area contributed by atoms with E-state index in [0.29, 0.717) is 56.8 Å². The lowest BCUT2D eigenvalue weighted by Crippen LogP contribution is -2.43. The van der Waals surface area contributed by atoms with Crippen molar-refractivity contribution >= 4 is 11.8 Å². The average Bonchev–Trinajstić information content (AvgIpc) is 2.69. The molecule has 0 saturated carbocycles. The van der Waals surface area contributed by atoms with Crippen molar-refractivity contribution in [1.29, 1.82) is 0 Å². The van der Waals surface area contributed by atoms with E-state index in [0.717, 1.165) is 5.56 Å². The van der Waals surface area contributed by atoms with Crippen molar-refractivity contribution in [3.05, 3.63) is 36.4 Å². The van der Waals surface area contributed by atoms with Gasteiger partial charge in [0, 0.05) is 32.0 Å². The van der Waals surface area contributed by atoms with Crippen molar-refractivity contribution in [2.45, 2.75) is 25.7 Å². The third kappa shape index (κ3) is 5.25. The molecule has 0 radical (unpaired) electrons. The number of methoxy groups -OCH3 is 2. The highest BCUT2D eigenvalue weighted by atomic mass is 16.5. The molecule has 6 nitrogen and oxygen atoms in total. The van der Waals surface area contributed by atoms with Gasteiger partial charge in [-0.3, -0.25) is 9.59 Å². The second-order valence-electron chi connectivity index (χ2n) is 6.38. The molecule has 0 aromatic heterocycles. The summed E-state index contributed by atoms with van der Waals surface area (Å²) in [5.41, 5.74) is 1.04. The number of aryl methyl sites for hydroxylation is 1. The van der Waals surface area contributed by atoms with Crippen molar-refractivity contribution in [1.82, 2.24) is 10.2 Å². The minimum absolute atomic E-state index is 0.00940. The van der Waals surface area contributed by atoms with Gasteiger partial charge in [0.05, 0.1) is 14.2 Å². The topological polar surface area (TPSA) is 67.9 Å². The molecule has 0 unspecified atom stereocenters. The zero-order chi connectivity index (χ0) is 18.9. The van der Waals surface area contributed by atoms with Crippen LogP contribution in [0.5, 0.6) is 11.5 Å². The molecule has 0 bridgehead atoms. The first-order valence-electron chi connectivity index (χ1n) is 8.96. The van der Waals surface area contributed by atoms with Gasteiger partial charge in [0.25, 0.3) is 0 Å². The van der Waals surface area contributed by atoms with Crippen LogP contribution in [-0.4, -0.2) is 50.6 Å². The van der Waals surface area contributed by atoms with Crippen LogP contribution < -0.4 is 14.8 Å². The van der Waals surface area contributed by atoms with E-state index in [1.54, 1.807) is 20.3 Å². The monoisotopic (exact) mass is 360 g/mol. The molecular weight excluding hydrogens is 332 g/mol. The number of piperidine rings is 1. The molecule has 0 aliphatic carbocycles. The molecule has 142 valence electrons. The largest absolute Gasteiger partial charge is 0.493 e. The smallest absolute Gasteiger partial charge is 0.223 e. The molecule has 1 N–H and O–H groups in total. The third-order valence-electron chi connectivity index (χ3n) is 4.71. The SMILES string of the molecule is C=CCNC(=O)C1CCN(C(=O)CCc2ccc(OC)c(OC)c2)CC1. The lowest BCUT2D eigenvalue weighted by molar-refractivity contribution is -0.135. The standard InChI is InChI=1S/C20H28N2O4/c1-4-11-21-20(24)16-9-12-22(13-10-16)19(23)8-6-15-5-7-17(25-2)18(14-15)26-3/h4-5,7,14,16H,1,6,8-13H2,2-3H3,(H,21,24). The molecule has 0 atom stereocenters. The molecule has 2 amide bonds. The third-order valence-corrected chi connectivity index (χ3v) is 4.71. The fourth-order valence-electron chi connectivity index (χ4n) is 3.15. The van der Waals surface area contributed by atoms with Crippen molar-refractivity contribution in [2.24, 2.45) is 5.92 Å². The first-order valence-corrected chi connectivity index (χ1v) is 8.96. The number of ether oxygens (including phenoxy) is 2. The predicted octanol–water partition coefficient (Wildman–Crippen LogP) is 2.18. The van der Waals surface area contributed by atoms with Crippen LogP contribution in [0.4, 0.5) is 0 Å². The molecule has 1 aliphatic rings. The summed E-state index contributed by atoms with van der Waals surface area (Å²) >= 11 is 0. The summed E-state index contributed by atoms with van der Waals surface area (Å²) in [5.74, 6) is 1.53. The first-order chi connectivity index (χ1) is 12.6. The van der Waals surface area contributed by atoms with Crippen LogP contribution in [0.1, 0.15) is 24.8 Å². The van der Waals surface area contributed by atoms with Gasteiger partial charge in [-0.2, -0.15) is 0 Å². The van der Waals surface area contributed by atoms with Gasteiger partial charge in [-0.1, -0.05) is 12.1 Å². The number of carbonyl (C=O) groups is 2. The van der Waals surface area contributed by atoms with Gasteiger partial charge < -0.3 is 19.7 Å². The predicted molar refractivity (Wildman–Crippen MR) is 100 cm³/mol. The van der Waals surface area contributed by atoms with E-state index in [1.807, 2.05) is 23.1 Å². The average molecular weight is 360 g/mol. The van der Waals surface area contributed by atoms with E-state index in [9.17, 15) is 9.59 Å². The maximum atomic E-state index is 12.5. The molecule has 1 saturated heterocycles. The van der Waals surface area contributed by atoms with Crippen LogP contribution in [-0.2, 0) is 16.0 Å². The van der Waals surface area contributed by atoms with Crippen LogP contribution in [0.3, 0.4) is 0 Å². The van der Waals surface area contributed by atoms with Gasteiger partial charge in [0.2, 0.25) is 11.8 Å². The van der Waals surface area contributed by atoms with Gasteiger partial charge >= 0.3 is 0 Å². The fourth-order valence-corrected chi connectivity index (χ4v) is 3.15. The Morgan fingerprint density at radius 1 is 1.23 bits per heavy atom. The van der Waals surface area contributed by atoms with Crippen molar-refractivity contribution in [2.75, 3.05) is 33.9 Å². The molecule has 0 spiro atoms. The van der Waals surface area contributed by atoms with Gasteiger partial charge in [-0.25, -0.2) is 0 Å². The number of benzene rings is 1. The summed E-state index contributed by atoms with van der Waals surface area (Å²) in [6, 6.07) is 5.71. The van der Waals surface area contributed by atoms with E-state index >= 15 is 0 Å². The van der Waals surface area contributed by atoms with Crippen LogP contribution >= 0.6 is 0 Å². The Morgan fingerprint density at radius 2 is 1.92 bits per heavy atom. The molecule has 1 aliphatic heterocycles. The number of rotatable bonds is 8. The number of likely N-dealkylation sites (tertiary alicyclic amines) is 1. The molecule has 1 heterocycles. The Balaban J connectivity index is 1.80. The number of hydrogen-bond acceptors (Lipinski definition) is 4. The van der Waals surface area contributed by atoms with Crippen molar-refractivity contribution < 1.29 is 19.1 Å². The summed E-state index contributed by atoms with van der Waals surface area (Å²) in [6.45, 7) is 5.36. The number of amides is 2. The number of hydrogen-bond donors (Lipinski definition) is 1. The van der Waals surface area contributed by atoms with Crippen molar-refractivity contribution in [3.8, 4) is 11.5 Å². The van der Waals surface area contributed by atoms with Gasteiger partial charge in [-0.15, -0.1) is 6.58 Å². The molecule has 1 aromatic rings. The maximum absolute atomic E-state index is 12.5. The molecule has 1 aromatic carbocycles. The van der Waals surface area contributed by atoms with E-state index in [2.05, 4.69) is 11.9 Å². The quantitative estimate of drug-likeness (QED) is 0.722. The van der Waals surface area contributed by atoms with Gasteiger partial charge in [0.15, 0.2) is 11.5 Å². The molecule has 1 fully saturated rings. The Bertz CT molecular complexity index is 637. The Labute approximate surface area is 155 Å². The maximum Gasteiger partial charge on any atom is 0.223 e. The Kier molecular flexibility index (Phi) is 7.51. The Hall–Kier alpha value is -2.50. The van der Waals surface area contributed by atoms with Crippen LogP contribution in [0.15, 0.2) is 30.9 Å². The fraction of sp³-hybridized carbons (Fsp3) is 0.500. The lowest BCUT2D eigenvalue weighted by Gasteiger charge is -2.31. The van der Waals surface area contributed by atoms with Gasteiger partial charge in [-0.05, 0) is 37.0 Å². The van der Waals surface area contributed by atoms with Crippen LogP contribution in [0.2, 0.25) is 0 Å². The molecule has 6 heteroatoms. The molecule has 26 heavy (non-hydrogen) atoms. The second kappa shape index (κ2) is 9.85. The van der Waals surface area contributed by atoms with E-state index in [1.165, 1.54) is 0 Å². The Morgan fingerprint density at radius 3 is 2.54 bits per heavy atom. The highest BCUT2D eigenvalue weighted by Gasteiger charge is 2.26. The summed E-state index contributed by atoms with van der Waals surface area (Å²) in [4.78, 5) is 26.3. The number of nitrogens with one attached hydrogen (secondary N) is 1. The lowest BCUT2D eigenvalue weighted by atomic mass is 9.95. The van der Waals surface area contributed by atoms with Gasteiger partial charge in [0.1, 0.15) is 0 Å². The highest BCUT2D eigenvalue weighted by Crippen LogP contribution is 2.28. The number of nitrogens with zero attached hydrogens (tertiary/aromatic N) is 1. The molecule has 2 rings (SSSR count). The van der Waals surface area contributed by atoms with Crippen LogP contribution in [0, 0.1) is 5.92 Å². The van der Waals surface area contributed by atoms with Crippen molar-refractivity contribution in [3.63, 3.8) is 0 Å². The summed E-state index contributed by atoms with van der Waals surface area (Å²) in [6.07, 6.45) is 4.20. The first kappa shape index (κ1) is 19.8. The van der Waals surface area contributed by atoms with E-state index in [4.69, 9.17) is 9.47 Å². The zero-order valence-electron chi connectivity index (χ0n) is 15.6. The zero-order valence-corrected chi connectivity index (χ0v) is 15.6. The minimum Gasteiger partial charge on any atom is -0.493 e. The van der Waals surface area contributed by atoms with E-state index < -0.39 is 0 Å². The summed E-state index contributed by atoms with van der Waals surface area (Å²) < 4.78 is 10.5. The minimum atomic E-state index is -0.00940. The normalized spacial score (nSPS) is 14.6. The second-order valence-corrected chi connectivity index (χ2v) is 6.38. The highest BCUT2D eigenvalue weighted by molar-refractivity contribution is 5.80. The number of carbonyl (C=O) groups excluding carboxylic acids is 2. The summed E-state index contributed by atoms with van der Waals surface area (Å²) in [5, 5.41) is 2.83. The summed E-state index contributed by atoms with van der Waals surface area (Å²) in [7, 11) is 3.20. The molecular formula is C20H28N2O4.